The first-order valence-electron chi connectivity index (χ1n) is 8.84. The molecule has 0 saturated carbocycles. The average molecular weight is 431 g/mol. The second-order valence-electron chi connectivity index (χ2n) is 6.41. The summed E-state index contributed by atoms with van der Waals surface area (Å²) in [7, 11) is 0. The third-order valence-electron chi connectivity index (χ3n) is 4.72. The van der Waals surface area contributed by atoms with Gasteiger partial charge >= 0.3 is 0 Å². The fraction of sp³-hybridized carbons (Fsp3) is 0.300. The van der Waals surface area contributed by atoms with Gasteiger partial charge in [-0.3, -0.25) is 9.59 Å². The Hall–Kier alpha value is -2.38. The number of carbonyl (C=O) groups is 2. The second kappa shape index (κ2) is 7.70. The van der Waals surface area contributed by atoms with Crippen molar-refractivity contribution in [2.24, 2.45) is 0 Å². The molecule has 2 aromatic rings. The van der Waals surface area contributed by atoms with Crippen molar-refractivity contribution in [1.29, 1.82) is 0 Å². The molecule has 1 atom stereocenters. The highest BCUT2D eigenvalue weighted by molar-refractivity contribution is 9.10. The summed E-state index contributed by atoms with van der Waals surface area (Å²) in [6.07, 6.45) is -0.732. The maximum atomic E-state index is 13.2. The maximum Gasteiger partial charge on any atom is 0.265 e. The molecule has 0 aromatic heterocycles. The smallest absolute Gasteiger partial charge is 0.265 e. The molecule has 0 spiro atoms. The number of fused-ring (bicyclic) bond motifs is 1. The number of rotatable bonds is 2. The van der Waals surface area contributed by atoms with Gasteiger partial charge in [0.05, 0.1) is 31.0 Å². The molecule has 140 valence electrons. The highest BCUT2D eigenvalue weighted by Crippen LogP contribution is 2.35. The molecule has 2 amide bonds. The fourth-order valence-corrected chi connectivity index (χ4v) is 3.78. The summed E-state index contributed by atoms with van der Waals surface area (Å²) >= 11 is 3.44. The number of amides is 2. The van der Waals surface area contributed by atoms with E-state index in [0.29, 0.717) is 43.3 Å². The Kier molecular flexibility index (Phi) is 5.13. The van der Waals surface area contributed by atoms with Gasteiger partial charge in [0, 0.05) is 17.6 Å². The van der Waals surface area contributed by atoms with E-state index in [1.165, 1.54) is 0 Å². The van der Waals surface area contributed by atoms with E-state index in [4.69, 9.17) is 9.47 Å². The normalized spacial score (nSPS) is 19.2. The Labute approximate surface area is 165 Å². The summed E-state index contributed by atoms with van der Waals surface area (Å²) < 4.78 is 12.0. The van der Waals surface area contributed by atoms with Crippen LogP contribution in [0.4, 0.5) is 5.69 Å². The number of morpholine rings is 1. The van der Waals surface area contributed by atoms with Crippen LogP contribution >= 0.6 is 15.9 Å². The van der Waals surface area contributed by atoms with Crippen LogP contribution in [0.1, 0.15) is 10.4 Å². The zero-order valence-corrected chi connectivity index (χ0v) is 16.2. The lowest BCUT2D eigenvalue weighted by Gasteiger charge is -2.37. The molecule has 2 heterocycles. The van der Waals surface area contributed by atoms with Gasteiger partial charge in [0.25, 0.3) is 11.8 Å². The van der Waals surface area contributed by atoms with Gasteiger partial charge in [-0.15, -0.1) is 0 Å². The van der Waals surface area contributed by atoms with Crippen molar-refractivity contribution >= 4 is 33.4 Å². The lowest BCUT2D eigenvalue weighted by Crippen LogP contribution is -2.54. The standard InChI is InChI=1S/C20H19BrN2O4/c21-15-6-2-1-5-14(15)19(24)23-13-18(20(25)22-9-11-26-12-10-22)27-17-8-4-3-7-16(17)23/h1-8,18H,9-13H2/t18-/m1/s1. The molecule has 0 N–H and O–H groups in total. The van der Waals surface area contributed by atoms with Gasteiger partial charge in [-0.25, -0.2) is 0 Å². The van der Waals surface area contributed by atoms with E-state index in [2.05, 4.69) is 15.9 Å². The second-order valence-corrected chi connectivity index (χ2v) is 7.26. The van der Waals surface area contributed by atoms with Gasteiger partial charge in [-0.2, -0.15) is 0 Å². The Bertz CT molecular complexity index is 867. The van der Waals surface area contributed by atoms with Gasteiger partial charge in [-0.1, -0.05) is 24.3 Å². The highest BCUT2D eigenvalue weighted by Gasteiger charge is 2.37. The van der Waals surface area contributed by atoms with Crippen LogP contribution in [0.3, 0.4) is 0 Å². The average Bonchev–Trinajstić information content (AvgIpc) is 2.73. The van der Waals surface area contributed by atoms with Gasteiger partial charge < -0.3 is 19.3 Å². The molecule has 2 aromatic carbocycles. The monoisotopic (exact) mass is 430 g/mol. The summed E-state index contributed by atoms with van der Waals surface area (Å²) in [4.78, 5) is 29.5. The number of nitrogens with zero attached hydrogens (tertiary/aromatic N) is 2. The minimum absolute atomic E-state index is 0.113. The molecule has 6 nitrogen and oxygen atoms in total. The van der Waals surface area contributed by atoms with Crippen molar-refractivity contribution in [2.45, 2.75) is 6.10 Å². The van der Waals surface area contributed by atoms with Gasteiger partial charge in [-0.05, 0) is 40.2 Å². The van der Waals surface area contributed by atoms with Crippen molar-refractivity contribution < 1.29 is 19.1 Å². The van der Waals surface area contributed by atoms with Gasteiger partial charge in [0.2, 0.25) is 0 Å². The fourth-order valence-electron chi connectivity index (χ4n) is 3.32. The van der Waals surface area contributed by atoms with Crippen LogP contribution in [0.15, 0.2) is 53.0 Å². The SMILES string of the molecule is O=C([C@H]1CN(C(=O)c2ccccc2Br)c2ccccc2O1)N1CCOCC1. The van der Waals surface area contributed by atoms with Crippen molar-refractivity contribution in [3.63, 3.8) is 0 Å². The lowest BCUT2D eigenvalue weighted by molar-refractivity contribution is -0.142. The molecule has 7 heteroatoms. The summed E-state index contributed by atoms with van der Waals surface area (Å²) in [5.74, 6) is 0.256. The molecule has 0 bridgehead atoms. The number of anilines is 1. The van der Waals surface area contributed by atoms with Crippen LogP contribution in [0, 0.1) is 0 Å². The van der Waals surface area contributed by atoms with Crippen LogP contribution in [0.2, 0.25) is 0 Å². The molecule has 0 radical (unpaired) electrons. The van der Waals surface area contributed by atoms with Crippen LogP contribution in [0.5, 0.6) is 5.75 Å². The summed E-state index contributed by atoms with van der Waals surface area (Å²) in [5, 5.41) is 0. The quantitative estimate of drug-likeness (QED) is 0.734. The molecular formula is C20H19BrN2O4. The van der Waals surface area contributed by atoms with Crippen LogP contribution in [0.25, 0.3) is 0 Å². The zero-order chi connectivity index (χ0) is 18.8. The molecular weight excluding hydrogens is 412 g/mol. The Morgan fingerprint density at radius 3 is 2.48 bits per heavy atom. The van der Waals surface area contributed by atoms with E-state index in [0.717, 1.165) is 4.47 Å². The molecule has 0 aliphatic carbocycles. The summed E-state index contributed by atoms with van der Waals surface area (Å²) in [6.45, 7) is 2.30. The number of ether oxygens (including phenoxy) is 2. The molecule has 2 aliphatic heterocycles. The number of halogens is 1. The number of hydrogen-bond acceptors (Lipinski definition) is 4. The predicted molar refractivity (Wildman–Crippen MR) is 104 cm³/mol. The number of hydrogen-bond donors (Lipinski definition) is 0. The minimum atomic E-state index is -0.732. The van der Waals surface area contributed by atoms with Crippen molar-refractivity contribution in [3.05, 3.63) is 58.6 Å². The van der Waals surface area contributed by atoms with E-state index < -0.39 is 6.10 Å². The molecule has 1 fully saturated rings. The number of benzene rings is 2. The van der Waals surface area contributed by atoms with Crippen LogP contribution in [-0.4, -0.2) is 55.7 Å². The Morgan fingerprint density at radius 1 is 1.00 bits per heavy atom. The topological polar surface area (TPSA) is 59.1 Å². The molecule has 2 aliphatic rings. The van der Waals surface area contributed by atoms with Gasteiger partial charge in [0.15, 0.2) is 6.10 Å². The first-order chi connectivity index (χ1) is 13.1. The van der Waals surface area contributed by atoms with E-state index in [9.17, 15) is 9.59 Å². The number of carbonyl (C=O) groups excluding carboxylic acids is 2. The maximum absolute atomic E-state index is 13.2. The zero-order valence-electron chi connectivity index (χ0n) is 14.6. The van der Waals surface area contributed by atoms with E-state index in [1.54, 1.807) is 21.9 Å². The van der Waals surface area contributed by atoms with Gasteiger partial charge in [0.1, 0.15) is 5.75 Å². The molecule has 0 unspecified atom stereocenters. The third kappa shape index (κ3) is 3.57. The predicted octanol–water partition coefficient (Wildman–Crippen LogP) is 2.72. The first-order valence-corrected chi connectivity index (χ1v) is 9.63. The Morgan fingerprint density at radius 2 is 1.70 bits per heavy atom. The largest absolute Gasteiger partial charge is 0.476 e. The Balaban J connectivity index is 1.65. The summed E-state index contributed by atoms with van der Waals surface area (Å²) in [6, 6.07) is 14.6. The van der Waals surface area contributed by atoms with Crippen molar-refractivity contribution in [3.8, 4) is 5.75 Å². The van der Waals surface area contributed by atoms with Crippen LogP contribution in [-0.2, 0) is 9.53 Å². The molecule has 1 saturated heterocycles. The minimum Gasteiger partial charge on any atom is -0.476 e. The molecule has 27 heavy (non-hydrogen) atoms. The number of para-hydroxylation sites is 2. The first kappa shape index (κ1) is 18.0. The van der Waals surface area contributed by atoms with Crippen LogP contribution < -0.4 is 9.64 Å². The van der Waals surface area contributed by atoms with Crippen molar-refractivity contribution in [2.75, 3.05) is 37.7 Å². The van der Waals surface area contributed by atoms with E-state index in [1.807, 2.05) is 36.4 Å². The summed E-state index contributed by atoms with van der Waals surface area (Å²) in [5.41, 5.74) is 1.22. The molecule has 4 rings (SSSR count). The van der Waals surface area contributed by atoms with E-state index >= 15 is 0 Å². The van der Waals surface area contributed by atoms with Crippen molar-refractivity contribution in [1.82, 2.24) is 4.90 Å². The third-order valence-corrected chi connectivity index (χ3v) is 5.41. The highest BCUT2D eigenvalue weighted by atomic mass is 79.9. The van der Waals surface area contributed by atoms with E-state index in [-0.39, 0.29) is 18.4 Å². The lowest BCUT2D eigenvalue weighted by atomic mass is 10.1.